The number of aromatic nitrogens is 1. The molecule has 1 heterocycles. The normalized spacial score (nSPS) is 9.54. The smallest absolute Gasteiger partial charge is 0.344 e. The van der Waals surface area contributed by atoms with Gasteiger partial charge in [0.15, 0.2) is 6.61 Å². The average molecular weight is 377 g/mol. The molecule has 1 aromatic heterocycles. The van der Waals surface area contributed by atoms with Gasteiger partial charge in [-0.2, -0.15) is 0 Å². The first-order chi connectivity index (χ1) is 12.2. The number of allylic oxidation sites excluding steroid dienone is 1. The molecule has 7 heteroatoms. The van der Waals surface area contributed by atoms with Gasteiger partial charge in [0.25, 0.3) is 5.91 Å². The number of carbonyl (C=O) groups excluding carboxylic acids is 2. The molecule has 0 spiro atoms. The van der Waals surface area contributed by atoms with Crippen molar-refractivity contribution in [3.8, 4) is 5.75 Å². The number of benzene rings is 1. The molecule has 1 aromatic carbocycles. The summed E-state index contributed by atoms with van der Waals surface area (Å²) in [6.07, 6.45) is 5.51. The zero-order chi connectivity index (χ0) is 17.9. The molecule has 26 heavy (non-hydrogen) atoms. The van der Waals surface area contributed by atoms with Crippen LogP contribution in [-0.2, 0) is 16.0 Å². The third-order valence-corrected chi connectivity index (χ3v) is 3.28. The number of para-hydroxylation sites is 1. The summed E-state index contributed by atoms with van der Waals surface area (Å²) in [6.45, 7) is 3.80. The maximum atomic E-state index is 11.8. The molecule has 138 valence electrons. The van der Waals surface area contributed by atoms with E-state index in [9.17, 15) is 9.59 Å². The summed E-state index contributed by atoms with van der Waals surface area (Å²) in [5.74, 6) is -0.107. The van der Waals surface area contributed by atoms with Crippen molar-refractivity contribution in [3.05, 3.63) is 72.6 Å². The fourth-order valence-electron chi connectivity index (χ4n) is 2.08. The zero-order valence-corrected chi connectivity index (χ0v) is 15.0. The van der Waals surface area contributed by atoms with Gasteiger partial charge in [0, 0.05) is 18.0 Å². The second kappa shape index (κ2) is 11.7. The highest BCUT2D eigenvalue weighted by Crippen LogP contribution is 2.18. The van der Waals surface area contributed by atoms with E-state index in [-0.39, 0.29) is 38.1 Å². The van der Waals surface area contributed by atoms with Crippen molar-refractivity contribution < 1.29 is 19.1 Å². The Bertz CT molecular complexity index is 722. The monoisotopic (exact) mass is 376 g/mol. The van der Waals surface area contributed by atoms with Crippen LogP contribution in [0.5, 0.6) is 5.75 Å². The van der Waals surface area contributed by atoms with Crippen molar-refractivity contribution in [1.29, 1.82) is 0 Å². The highest BCUT2D eigenvalue weighted by Gasteiger charge is 2.08. The topological polar surface area (TPSA) is 77.5 Å². The second-order valence-corrected chi connectivity index (χ2v) is 5.10. The molecular formula is C19H21ClN2O4. The molecule has 0 saturated carbocycles. The number of carbonyl (C=O) groups is 2. The first kappa shape index (κ1) is 21.2. The van der Waals surface area contributed by atoms with Gasteiger partial charge in [-0.25, -0.2) is 4.79 Å². The highest BCUT2D eigenvalue weighted by molar-refractivity contribution is 5.93. The Hall–Kier alpha value is -2.86. The van der Waals surface area contributed by atoms with E-state index >= 15 is 0 Å². The fourth-order valence-corrected chi connectivity index (χ4v) is 2.08. The van der Waals surface area contributed by atoms with Gasteiger partial charge in [0.1, 0.15) is 12.4 Å². The van der Waals surface area contributed by atoms with E-state index in [1.54, 1.807) is 24.3 Å². The van der Waals surface area contributed by atoms with Gasteiger partial charge in [-0.1, -0.05) is 24.3 Å². The number of hydrogen-bond donors (Lipinski definition) is 1. The van der Waals surface area contributed by atoms with Crippen LogP contribution >= 0.6 is 12.4 Å². The van der Waals surface area contributed by atoms with Crippen LogP contribution in [0.25, 0.3) is 0 Å². The maximum absolute atomic E-state index is 11.8. The van der Waals surface area contributed by atoms with Gasteiger partial charge in [-0.15, -0.1) is 19.0 Å². The van der Waals surface area contributed by atoms with Crippen LogP contribution in [0.2, 0.25) is 0 Å². The minimum Gasteiger partial charge on any atom is -0.482 e. The van der Waals surface area contributed by atoms with Gasteiger partial charge in [-0.05, 0) is 30.2 Å². The third kappa shape index (κ3) is 6.94. The molecule has 0 bridgehead atoms. The summed E-state index contributed by atoms with van der Waals surface area (Å²) in [4.78, 5) is 27.3. The van der Waals surface area contributed by atoms with Crippen molar-refractivity contribution in [2.45, 2.75) is 6.42 Å². The van der Waals surface area contributed by atoms with Crippen molar-refractivity contribution >= 4 is 24.3 Å². The summed E-state index contributed by atoms with van der Waals surface area (Å²) in [7, 11) is 0. The summed E-state index contributed by atoms with van der Waals surface area (Å²) in [5.41, 5.74) is 1.46. The van der Waals surface area contributed by atoms with Crippen molar-refractivity contribution in [2.75, 3.05) is 19.8 Å². The Balaban J connectivity index is 0.00000338. The summed E-state index contributed by atoms with van der Waals surface area (Å²) in [5, 5.41) is 2.66. The van der Waals surface area contributed by atoms with Gasteiger partial charge >= 0.3 is 5.97 Å². The Morgan fingerprint density at radius 3 is 2.62 bits per heavy atom. The molecule has 0 saturated heterocycles. The van der Waals surface area contributed by atoms with Crippen molar-refractivity contribution in [1.82, 2.24) is 10.3 Å². The average Bonchev–Trinajstić information content (AvgIpc) is 2.65. The van der Waals surface area contributed by atoms with Crippen LogP contribution in [0.4, 0.5) is 0 Å². The summed E-state index contributed by atoms with van der Waals surface area (Å²) < 4.78 is 10.5. The lowest BCUT2D eigenvalue weighted by Crippen LogP contribution is -2.28. The number of amides is 1. The number of esters is 1. The van der Waals surface area contributed by atoms with E-state index in [1.165, 1.54) is 12.4 Å². The fraction of sp³-hybridized carbons (Fsp3) is 0.211. The minimum atomic E-state index is -0.494. The number of rotatable bonds is 9. The Labute approximate surface area is 158 Å². The lowest BCUT2D eigenvalue weighted by Gasteiger charge is -2.10. The molecule has 2 rings (SSSR count). The largest absolute Gasteiger partial charge is 0.482 e. The van der Waals surface area contributed by atoms with Crippen LogP contribution in [0, 0.1) is 0 Å². The van der Waals surface area contributed by atoms with E-state index in [0.29, 0.717) is 17.7 Å². The van der Waals surface area contributed by atoms with Gasteiger partial charge in [-0.3, -0.25) is 9.78 Å². The van der Waals surface area contributed by atoms with Crippen molar-refractivity contribution in [2.24, 2.45) is 0 Å². The van der Waals surface area contributed by atoms with Gasteiger partial charge < -0.3 is 14.8 Å². The molecule has 0 atom stereocenters. The SMILES string of the molecule is C=CCc1ccccc1OCC(=O)OCCNC(=O)c1ccncc1.Cl. The number of nitrogens with one attached hydrogen (secondary N) is 1. The van der Waals surface area contributed by atoms with Crippen LogP contribution in [0.15, 0.2) is 61.4 Å². The molecule has 6 nitrogen and oxygen atoms in total. The molecule has 0 fully saturated rings. The first-order valence-corrected chi connectivity index (χ1v) is 7.86. The highest BCUT2D eigenvalue weighted by atomic mass is 35.5. The van der Waals surface area contributed by atoms with Gasteiger partial charge in [0.05, 0.1) is 6.54 Å². The Kier molecular flexibility index (Phi) is 9.49. The zero-order valence-electron chi connectivity index (χ0n) is 14.2. The molecule has 0 aliphatic heterocycles. The summed E-state index contributed by atoms with van der Waals surface area (Å²) >= 11 is 0. The maximum Gasteiger partial charge on any atom is 0.344 e. The third-order valence-electron chi connectivity index (χ3n) is 3.28. The number of pyridine rings is 1. The van der Waals surface area contributed by atoms with Crippen LogP contribution in [0.3, 0.4) is 0 Å². The van der Waals surface area contributed by atoms with E-state index in [1.807, 2.05) is 18.2 Å². The van der Waals surface area contributed by atoms with E-state index in [0.717, 1.165) is 5.56 Å². The number of nitrogens with zero attached hydrogens (tertiary/aromatic N) is 1. The Morgan fingerprint density at radius 2 is 1.88 bits per heavy atom. The lowest BCUT2D eigenvalue weighted by atomic mass is 10.1. The predicted octanol–water partition coefficient (Wildman–Crippen LogP) is 2.58. The van der Waals surface area contributed by atoms with Crippen LogP contribution in [-0.4, -0.2) is 36.6 Å². The first-order valence-electron chi connectivity index (χ1n) is 7.86. The molecule has 0 aliphatic carbocycles. The lowest BCUT2D eigenvalue weighted by molar-refractivity contribution is -0.145. The standard InChI is InChI=1S/C19H20N2O4.ClH/c1-2-5-15-6-3-4-7-17(15)25-14-18(22)24-13-12-21-19(23)16-8-10-20-11-9-16;/h2-4,6-11H,1,5,12-14H2,(H,21,23);1H. The van der Waals surface area contributed by atoms with E-state index in [4.69, 9.17) is 9.47 Å². The minimum absolute atomic E-state index is 0. The molecule has 0 unspecified atom stereocenters. The van der Waals surface area contributed by atoms with E-state index in [2.05, 4.69) is 16.9 Å². The molecule has 0 aliphatic rings. The van der Waals surface area contributed by atoms with E-state index < -0.39 is 5.97 Å². The predicted molar refractivity (Wildman–Crippen MR) is 101 cm³/mol. The van der Waals surface area contributed by atoms with Crippen LogP contribution < -0.4 is 10.1 Å². The number of ether oxygens (including phenoxy) is 2. The molecule has 1 N–H and O–H groups in total. The molecule has 2 aromatic rings. The van der Waals surface area contributed by atoms with Crippen molar-refractivity contribution in [3.63, 3.8) is 0 Å². The van der Waals surface area contributed by atoms with Gasteiger partial charge in [0.2, 0.25) is 0 Å². The second-order valence-electron chi connectivity index (χ2n) is 5.10. The Morgan fingerprint density at radius 1 is 1.15 bits per heavy atom. The molecular weight excluding hydrogens is 356 g/mol. The molecule has 1 amide bonds. The number of halogens is 1. The number of hydrogen-bond acceptors (Lipinski definition) is 5. The quantitative estimate of drug-likeness (QED) is 0.413. The summed E-state index contributed by atoms with van der Waals surface area (Å²) in [6, 6.07) is 10.7. The van der Waals surface area contributed by atoms with Crippen LogP contribution in [0.1, 0.15) is 15.9 Å². The molecule has 0 radical (unpaired) electrons.